The lowest BCUT2D eigenvalue weighted by molar-refractivity contribution is -0.144. The summed E-state index contributed by atoms with van der Waals surface area (Å²) in [4.78, 5) is 37.1. The van der Waals surface area contributed by atoms with Crippen molar-refractivity contribution in [2.75, 3.05) is 11.4 Å². The van der Waals surface area contributed by atoms with Gasteiger partial charge in [0, 0.05) is 24.2 Å². The van der Waals surface area contributed by atoms with Crippen molar-refractivity contribution in [2.24, 2.45) is 0 Å². The fourth-order valence-electron chi connectivity index (χ4n) is 3.03. The molecule has 148 valence electrons. The van der Waals surface area contributed by atoms with Gasteiger partial charge < -0.3 is 15.3 Å². The summed E-state index contributed by atoms with van der Waals surface area (Å²) >= 11 is 0. The van der Waals surface area contributed by atoms with Crippen LogP contribution in [0.5, 0.6) is 0 Å². The molecule has 2 rings (SSSR count). The molecule has 9 heteroatoms. The van der Waals surface area contributed by atoms with Crippen molar-refractivity contribution in [1.29, 1.82) is 0 Å². The second kappa shape index (κ2) is 7.58. The Kier molecular flexibility index (Phi) is 5.82. The number of carboxylic acid groups (broad SMARTS) is 1. The molecule has 2 amide bonds. The molecule has 1 aliphatic heterocycles. The van der Waals surface area contributed by atoms with Crippen LogP contribution in [0.2, 0.25) is 0 Å². The zero-order chi connectivity index (χ0) is 20.4. The number of rotatable bonds is 6. The number of benzene rings is 1. The predicted molar refractivity (Wildman–Crippen MR) is 91.4 cm³/mol. The molecule has 1 atom stereocenters. The third-order valence-electron chi connectivity index (χ3n) is 4.50. The van der Waals surface area contributed by atoms with E-state index in [-0.39, 0.29) is 36.5 Å². The molecule has 1 aliphatic rings. The van der Waals surface area contributed by atoms with Gasteiger partial charge in [-0.15, -0.1) is 0 Å². The minimum Gasteiger partial charge on any atom is -0.480 e. The Morgan fingerprint density at radius 2 is 1.93 bits per heavy atom. The highest BCUT2D eigenvalue weighted by Gasteiger charge is 2.36. The maximum absolute atomic E-state index is 13.3. The Bertz CT molecular complexity index is 763. The molecule has 1 aromatic carbocycles. The number of hydrogen-bond acceptors (Lipinski definition) is 3. The third-order valence-corrected chi connectivity index (χ3v) is 4.50. The Morgan fingerprint density at radius 3 is 2.41 bits per heavy atom. The zero-order valence-electron chi connectivity index (χ0n) is 15.0. The summed E-state index contributed by atoms with van der Waals surface area (Å²) in [5, 5.41) is 11.7. The smallest absolute Gasteiger partial charge is 0.416 e. The van der Waals surface area contributed by atoms with E-state index in [2.05, 4.69) is 5.32 Å². The maximum atomic E-state index is 13.3. The van der Waals surface area contributed by atoms with E-state index in [1.165, 1.54) is 17.9 Å². The molecule has 0 spiro atoms. The number of anilines is 1. The number of carboxylic acids is 1. The van der Waals surface area contributed by atoms with E-state index in [0.29, 0.717) is 18.9 Å². The van der Waals surface area contributed by atoms with Gasteiger partial charge >= 0.3 is 12.1 Å². The topological polar surface area (TPSA) is 86.7 Å². The molecule has 27 heavy (non-hydrogen) atoms. The van der Waals surface area contributed by atoms with Crippen LogP contribution in [0.3, 0.4) is 0 Å². The number of halogens is 3. The van der Waals surface area contributed by atoms with Crippen molar-refractivity contribution in [3.63, 3.8) is 0 Å². The van der Waals surface area contributed by atoms with Crippen LogP contribution in [-0.4, -0.2) is 35.0 Å². The number of carbonyl (C=O) groups is 3. The third kappa shape index (κ3) is 4.58. The SMILES string of the molecule is CCCC(C)(NC(=O)c1cc(N2CCCC2=O)cc(C(F)(F)F)c1)C(=O)O. The second-order valence-electron chi connectivity index (χ2n) is 6.76. The number of nitrogens with one attached hydrogen (secondary N) is 1. The van der Waals surface area contributed by atoms with Gasteiger partial charge in [-0.05, 0) is 38.0 Å². The Labute approximate surface area is 154 Å². The summed E-state index contributed by atoms with van der Waals surface area (Å²) in [7, 11) is 0. The predicted octanol–water partition coefficient (Wildman–Crippen LogP) is 3.21. The van der Waals surface area contributed by atoms with Gasteiger partial charge in [0.1, 0.15) is 5.54 Å². The van der Waals surface area contributed by atoms with Crippen LogP contribution in [0.15, 0.2) is 18.2 Å². The van der Waals surface area contributed by atoms with E-state index in [9.17, 15) is 32.7 Å². The fourth-order valence-corrected chi connectivity index (χ4v) is 3.03. The molecule has 0 saturated carbocycles. The van der Waals surface area contributed by atoms with E-state index in [0.717, 1.165) is 6.07 Å². The first-order valence-electron chi connectivity index (χ1n) is 8.56. The summed E-state index contributed by atoms with van der Waals surface area (Å²) in [5.41, 5.74) is -3.05. The Balaban J connectivity index is 2.44. The van der Waals surface area contributed by atoms with Crippen molar-refractivity contribution in [3.05, 3.63) is 29.3 Å². The molecule has 0 bridgehead atoms. The quantitative estimate of drug-likeness (QED) is 0.786. The van der Waals surface area contributed by atoms with Crippen LogP contribution in [0, 0.1) is 0 Å². The van der Waals surface area contributed by atoms with Gasteiger partial charge in [-0.2, -0.15) is 13.2 Å². The van der Waals surface area contributed by atoms with Gasteiger partial charge in [-0.25, -0.2) is 4.79 Å². The van der Waals surface area contributed by atoms with E-state index in [1.807, 2.05) is 0 Å². The molecule has 1 heterocycles. The van der Waals surface area contributed by atoms with Crippen molar-refractivity contribution in [1.82, 2.24) is 5.32 Å². The number of hydrogen-bond donors (Lipinski definition) is 2. The number of aliphatic carboxylic acids is 1. The van der Waals surface area contributed by atoms with E-state index < -0.39 is 29.2 Å². The first kappa shape index (κ1) is 20.7. The molecule has 0 aromatic heterocycles. The largest absolute Gasteiger partial charge is 0.480 e. The second-order valence-corrected chi connectivity index (χ2v) is 6.76. The molecule has 0 radical (unpaired) electrons. The molecular weight excluding hydrogens is 365 g/mol. The Morgan fingerprint density at radius 1 is 1.26 bits per heavy atom. The molecular formula is C18H21F3N2O4. The highest BCUT2D eigenvalue weighted by Crippen LogP contribution is 2.34. The lowest BCUT2D eigenvalue weighted by Gasteiger charge is -2.26. The first-order chi connectivity index (χ1) is 12.5. The van der Waals surface area contributed by atoms with Gasteiger partial charge in [0.05, 0.1) is 5.56 Å². The maximum Gasteiger partial charge on any atom is 0.416 e. The summed E-state index contributed by atoms with van der Waals surface area (Å²) < 4.78 is 39.8. The van der Waals surface area contributed by atoms with Crippen molar-refractivity contribution >= 4 is 23.5 Å². The molecule has 2 N–H and O–H groups in total. The van der Waals surface area contributed by atoms with Crippen molar-refractivity contribution in [3.8, 4) is 0 Å². The molecule has 1 fully saturated rings. The first-order valence-corrected chi connectivity index (χ1v) is 8.56. The lowest BCUT2D eigenvalue weighted by Crippen LogP contribution is -2.52. The van der Waals surface area contributed by atoms with Gasteiger partial charge in [-0.3, -0.25) is 9.59 Å². The summed E-state index contributed by atoms with van der Waals surface area (Å²) in [6.07, 6.45) is -3.40. The number of alkyl halides is 3. The van der Waals surface area contributed by atoms with Gasteiger partial charge in [0.15, 0.2) is 0 Å². The average Bonchev–Trinajstić information content (AvgIpc) is 2.99. The fraction of sp³-hybridized carbons (Fsp3) is 0.500. The highest BCUT2D eigenvalue weighted by atomic mass is 19.4. The molecule has 1 saturated heterocycles. The number of nitrogens with zero attached hydrogens (tertiary/aromatic N) is 1. The molecule has 0 aliphatic carbocycles. The standard InChI is InChI=1S/C18H21F3N2O4/c1-3-6-17(2,16(26)27)22-15(25)11-8-12(18(19,20)21)10-13(9-11)23-7-4-5-14(23)24/h8-10H,3-7H2,1-2H3,(H,22,25)(H,26,27). The summed E-state index contributed by atoms with van der Waals surface area (Å²) in [6.45, 7) is 3.30. The van der Waals surface area contributed by atoms with Crippen LogP contribution >= 0.6 is 0 Å². The monoisotopic (exact) mass is 386 g/mol. The van der Waals surface area contributed by atoms with Crippen molar-refractivity contribution < 1.29 is 32.7 Å². The minimum absolute atomic E-state index is 0.0232. The van der Waals surface area contributed by atoms with E-state index in [4.69, 9.17) is 0 Å². The number of amides is 2. The molecule has 1 unspecified atom stereocenters. The highest BCUT2D eigenvalue weighted by molar-refractivity contribution is 6.01. The minimum atomic E-state index is -4.71. The Hall–Kier alpha value is -2.58. The van der Waals surface area contributed by atoms with Crippen LogP contribution < -0.4 is 10.2 Å². The molecule has 6 nitrogen and oxygen atoms in total. The van der Waals surface area contributed by atoms with Crippen LogP contribution in [0.25, 0.3) is 0 Å². The van der Waals surface area contributed by atoms with E-state index >= 15 is 0 Å². The van der Waals surface area contributed by atoms with Crippen LogP contribution in [-0.2, 0) is 15.8 Å². The number of carbonyl (C=O) groups excluding carboxylic acids is 2. The molecule has 1 aromatic rings. The summed E-state index contributed by atoms with van der Waals surface area (Å²) in [6, 6.07) is 2.66. The lowest BCUT2D eigenvalue weighted by atomic mass is 9.95. The normalized spacial score (nSPS) is 16.9. The zero-order valence-corrected chi connectivity index (χ0v) is 15.0. The van der Waals surface area contributed by atoms with E-state index in [1.54, 1.807) is 6.92 Å². The van der Waals surface area contributed by atoms with Gasteiger partial charge in [0.2, 0.25) is 5.91 Å². The van der Waals surface area contributed by atoms with Gasteiger partial charge in [-0.1, -0.05) is 13.3 Å². The van der Waals surface area contributed by atoms with Crippen LogP contribution in [0.1, 0.15) is 55.5 Å². The summed E-state index contributed by atoms with van der Waals surface area (Å²) in [5.74, 6) is -2.53. The van der Waals surface area contributed by atoms with Crippen LogP contribution in [0.4, 0.5) is 18.9 Å². The van der Waals surface area contributed by atoms with Gasteiger partial charge in [0.25, 0.3) is 5.91 Å². The average molecular weight is 386 g/mol. The van der Waals surface area contributed by atoms with Crippen molar-refractivity contribution in [2.45, 2.75) is 51.2 Å².